The topological polar surface area (TPSA) is 94.9 Å². The molecule has 0 bridgehead atoms. The molecule has 1 saturated heterocycles. The van der Waals surface area contributed by atoms with Crippen LogP contribution in [0.15, 0.2) is 41.7 Å². The summed E-state index contributed by atoms with van der Waals surface area (Å²) in [5.74, 6) is 0.623. The molecule has 1 aliphatic rings. The van der Waals surface area contributed by atoms with Crippen molar-refractivity contribution in [3.8, 4) is 0 Å². The van der Waals surface area contributed by atoms with Crippen molar-refractivity contribution in [3.05, 3.63) is 47.8 Å². The number of benzene rings is 1. The molecule has 2 aromatic rings. The molecular weight excluding hydrogens is 370 g/mol. The van der Waals surface area contributed by atoms with Gasteiger partial charge in [-0.3, -0.25) is 19.3 Å². The predicted octanol–water partition coefficient (Wildman–Crippen LogP) is 0.246. The van der Waals surface area contributed by atoms with Crippen LogP contribution in [0.5, 0.6) is 0 Å². The van der Waals surface area contributed by atoms with E-state index in [0.717, 1.165) is 17.7 Å². The number of carbonyl (C=O) groups is 2. The Hall–Kier alpha value is -3.36. The lowest BCUT2D eigenvalue weighted by atomic mass is 10.1. The summed E-state index contributed by atoms with van der Waals surface area (Å²) in [6, 6.07) is 7.56. The second kappa shape index (κ2) is 9.22. The summed E-state index contributed by atoms with van der Waals surface area (Å²) in [6.45, 7) is 2.19. The number of nitrogens with one attached hydrogen (secondary N) is 2. The highest BCUT2D eigenvalue weighted by Crippen LogP contribution is 2.16. The summed E-state index contributed by atoms with van der Waals surface area (Å²) in [7, 11) is 5.17. The molecule has 1 aromatic heterocycles. The Morgan fingerprint density at radius 2 is 2.14 bits per heavy atom. The summed E-state index contributed by atoms with van der Waals surface area (Å²) in [4.78, 5) is 32.4. The van der Waals surface area contributed by atoms with Crippen molar-refractivity contribution >= 4 is 23.5 Å². The van der Waals surface area contributed by atoms with E-state index in [-0.39, 0.29) is 18.4 Å². The zero-order valence-corrected chi connectivity index (χ0v) is 17.1. The molecule has 1 fully saturated rings. The Morgan fingerprint density at radius 3 is 2.79 bits per heavy atom. The lowest BCUT2D eigenvalue weighted by Gasteiger charge is -2.35. The lowest BCUT2D eigenvalue weighted by Crippen LogP contribution is -2.55. The van der Waals surface area contributed by atoms with E-state index < -0.39 is 0 Å². The van der Waals surface area contributed by atoms with E-state index in [1.54, 1.807) is 35.9 Å². The van der Waals surface area contributed by atoms with E-state index >= 15 is 0 Å². The molecule has 0 atom stereocenters. The van der Waals surface area contributed by atoms with Crippen LogP contribution in [-0.2, 0) is 18.3 Å². The third-order valence-electron chi connectivity index (χ3n) is 4.85. The third-order valence-corrected chi connectivity index (χ3v) is 4.85. The number of carbonyl (C=O) groups excluding carboxylic acids is 2. The SMILES string of the molecule is CN=C(NCCc1cccc(C(=O)NC)c1)N1CCN(c2cnn(C)c2)C(=O)C1. The Labute approximate surface area is 170 Å². The van der Waals surface area contributed by atoms with Crippen LogP contribution < -0.4 is 15.5 Å². The van der Waals surface area contributed by atoms with Gasteiger partial charge in [0, 0.05) is 52.5 Å². The number of guanidine groups is 1. The van der Waals surface area contributed by atoms with Crippen LogP contribution in [0.25, 0.3) is 0 Å². The Morgan fingerprint density at radius 1 is 1.31 bits per heavy atom. The van der Waals surface area contributed by atoms with Gasteiger partial charge in [0.1, 0.15) is 6.54 Å². The van der Waals surface area contributed by atoms with Gasteiger partial charge in [-0.05, 0) is 24.1 Å². The minimum atomic E-state index is -0.0966. The molecule has 154 valence electrons. The van der Waals surface area contributed by atoms with Gasteiger partial charge in [-0.25, -0.2) is 0 Å². The molecule has 2 amide bonds. The number of piperazine rings is 1. The molecule has 2 heterocycles. The maximum Gasteiger partial charge on any atom is 0.251 e. The van der Waals surface area contributed by atoms with Crippen LogP contribution in [0.2, 0.25) is 0 Å². The molecule has 9 nitrogen and oxygen atoms in total. The van der Waals surface area contributed by atoms with Crippen LogP contribution in [0.4, 0.5) is 5.69 Å². The summed E-state index contributed by atoms with van der Waals surface area (Å²) >= 11 is 0. The minimum Gasteiger partial charge on any atom is -0.356 e. The molecule has 0 saturated carbocycles. The molecule has 0 spiro atoms. The molecule has 29 heavy (non-hydrogen) atoms. The molecule has 0 radical (unpaired) electrons. The van der Waals surface area contributed by atoms with Crippen LogP contribution in [0.1, 0.15) is 15.9 Å². The fourth-order valence-electron chi connectivity index (χ4n) is 3.34. The first-order valence-corrected chi connectivity index (χ1v) is 9.57. The van der Waals surface area contributed by atoms with E-state index in [1.165, 1.54) is 0 Å². The van der Waals surface area contributed by atoms with Crippen molar-refractivity contribution in [3.63, 3.8) is 0 Å². The van der Waals surface area contributed by atoms with Crippen LogP contribution in [0.3, 0.4) is 0 Å². The maximum absolute atomic E-state index is 12.6. The monoisotopic (exact) mass is 397 g/mol. The quantitative estimate of drug-likeness (QED) is 0.557. The molecular formula is C20H27N7O2. The van der Waals surface area contributed by atoms with Gasteiger partial charge in [-0.1, -0.05) is 12.1 Å². The number of amides is 2. The molecule has 1 aromatic carbocycles. The first kappa shape index (κ1) is 20.4. The van der Waals surface area contributed by atoms with Crippen molar-refractivity contribution in [2.45, 2.75) is 6.42 Å². The summed E-state index contributed by atoms with van der Waals surface area (Å²) < 4.78 is 1.69. The number of hydrogen-bond donors (Lipinski definition) is 2. The number of rotatable bonds is 5. The summed E-state index contributed by atoms with van der Waals surface area (Å²) in [6.07, 6.45) is 4.29. The Kier molecular flexibility index (Phi) is 6.48. The van der Waals surface area contributed by atoms with Crippen molar-refractivity contribution < 1.29 is 9.59 Å². The molecule has 3 rings (SSSR count). The van der Waals surface area contributed by atoms with Crippen molar-refractivity contribution in [1.82, 2.24) is 25.3 Å². The Balaban J connectivity index is 1.53. The van der Waals surface area contributed by atoms with Gasteiger partial charge in [0.2, 0.25) is 5.91 Å². The van der Waals surface area contributed by atoms with E-state index in [4.69, 9.17) is 0 Å². The first-order valence-electron chi connectivity index (χ1n) is 9.57. The van der Waals surface area contributed by atoms with E-state index in [2.05, 4.69) is 20.7 Å². The van der Waals surface area contributed by atoms with Crippen LogP contribution >= 0.6 is 0 Å². The summed E-state index contributed by atoms with van der Waals surface area (Å²) in [5, 5.41) is 10.1. The van der Waals surface area contributed by atoms with Crippen molar-refractivity contribution in [2.24, 2.45) is 12.0 Å². The highest BCUT2D eigenvalue weighted by atomic mass is 16.2. The van der Waals surface area contributed by atoms with Gasteiger partial charge in [0.25, 0.3) is 5.91 Å². The highest BCUT2D eigenvalue weighted by Gasteiger charge is 2.27. The maximum atomic E-state index is 12.6. The molecule has 2 N–H and O–H groups in total. The average molecular weight is 397 g/mol. The van der Waals surface area contributed by atoms with E-state index in [9.17, 15) is 9.59 Å². The second-order valence-electron chi connectivity index (χ2n) is 6.84. The second-order valence-corrected chi connectivity index (χ2v) is 6.84. The van der Waals surface area contributed by atoms with E-state index in [0.29, 0.717) is 31.2 Å². The Bertz CT molecular complexity index is 906. The standard InChI is InChI=1S/C20H27N7O2/c1-21-19(29)16-6-4-5-15(11-16)7-8-23-20(22-2)26-9-10-27(18(28)14-26)17-12-24-25(3)13-17/h4-6,11-13H,7-10,14H2,1-3H3,(H,21,29)(H,22,23). The fraction of sp³-hybridized carbons (Fsp3) is 0.400. The van der Waals surface area contributed by atoms with Crippen molar-refractivity contribution in [2.75, 3.05) is 45.2 Å². The van der Waals surface area contributed by atoms with Gasteiger partial charge in [0.15, 0.2) is 5.96 Å². The largest absolute Gasteiger partial charge is 0.356 e. The fourth-order valence-corrected chi connectivity index (χ4v) is 3.34. The predicted molar refractivity (Wildman–Crippen MR) is 112 cm³/mol. The molecule has 0 aliphatic carbocycles. The van der Waals surface area contributed by atoms with Crippen LogP contribution in [-0.4, -0.2) is 72.7 Å². The number of aromatic nitrogens is 2. The number of aliphatic imine (C=N–C) groups is 1. The first-order chi connectivity index (χ1) is 14.0. The molecule has 0 unspecified atom stereocenters. The van der Waals surface area contributed by atoms with Crippen LogP contribution in [0, 0.1) is 0 Å². The van der Waals surface area contributed by atoms with Gasteiger partial charge in [0.05, 0.1) is 11.9 Å². The van der Waals surface area contributed by atoms with Gasteiger partial charge >= 0.3 is 0 Å². The third kappa shape index (κ3) is 4.92. The number of hydrogen-bond acceptors (Lipinski definition) is 4. The summed E-state index contributed by atoms with van der Waals surface area (Å²) in [5.41, 5.74) is 2.52. The zero-order valence-electron chi connectivity index (χ0n) is 17.1. The number of nitrogens with zero attached hydrogens (tertiary/aromatic N) is 5. The number of anilines is 1. The minimum absolute atomic E-state index is 0.0190. The number of aryl methyl sites for hydroxylation is 1. The van der Waals surface area contributed by atoms with Gasteiger partial charge in [-0.2, -0.15) is 5.10 Å². The highest BCUT2D eigenvalue weighted by molar-refractivity contribution is 5.98. The van der Waals surface area contributed by atoms with E-state index in [1.807, 2.05) is 36.3 Å². The lowest BCUT2D eigenvalue weighted by molar-refractivity contribution is -0.120. The molecule has 1 aliphatic heterocycles. The average Bonchev–Trinajstić information content (AvgIpc) is 3.16. The van der Waals surface area contributed by atoms with Crippen molar-refractivity contribution in [1.29, 1.82) is 0 Å². The normalized spacial score (nSPS) is 14.9. The molecule has 9 heteroatoms. The van der Waals surface area contributed by atoms with Gasteiger partial charge in [-0.15, -0.1) is 0 Å². The van der Waals surface area contributed by atoms with Gasteiger partial charge < -0.3 is 20.4 Å². The zero-order chi connectivity index (χ0) is 20.8. The smallest absolute Gasteiger partial charge is 0.251 e.